The normalized spacial score (nSPS) is 12.3. The van der Waals surface area contributed by atoms with Gasteiger partial charge >= 0.3 is 0 Å². The first kappa shape index (κ1) is 16.7. The van der Waals surface area contributed by atoms with Gasteiger partial charge in [-0.1, -0.05) is 60.1 Å². The number of benzene rings is 2. The SMILES string of the molecule is O=NC(C=Cc1ccc(O)c(O)c1)CCCCc1ccccc1. The van der Waals surface area contributed by atoms with E-state index in [-0.39, 0.29) is 17.5 Å². The number of phenols is 2. The fraction of sp³-hybridized carbons (Fsp3) is 0.263. The first-order chi connectivity index (χ1) is 11.2. The predicted octanol–water partition coefficient (Wildman–Crippen LogP) is 4.66. The molecule has 0 aromatic heterocycles. The topological polar surface area (TPSA) is 69.9 Å². The molecule has 120 valence electrons. The Labute approximate surface area is 136 Å². The van der Waals surface area contributed by atoms with Crippen molar-refractivity contribution < 1.29 is 10.2 Å². The molecule has 0 fully saturated rings. The van der Waals surface area contributed by atoms with E-state index in [0.717, 1.165) is 24.8 Å². The van der Waals surface area contributed by atoms with E-state index >= 15 is 0 Å². The van der Waals surface area contributed by atoms with Gasteiger partial charge in [0.25, 0.3) is 0 Å². The lowest BCUT2D eigenvalue weighted by Gasteiger charge is -2.05. The van der Waals surface area contributed by atoms with Gasteiger partial charge in [0.15, 0.2) is 11.5 Å². The molecule has 0 saturated carbocycles. The second-order valence-electron chi connectivity index (χ2n) is 5.51. The Hall–Kier alpha value is -2.62. The standard InChI is InChI=1S/C19H21NO3/c21-18-13-11-16(14-19(18)22)10-12-17(20-23)9-5-4-8-15-6-2-1-3-7-15/h1-3,6-7,10-14,17,21-22H,4-5,8-9H2. The van der Waals surface area contributed by atoms with E-state index in [1.807, 2.05) is 18.2 Å². The maximum atomic E-state index is 10.9. The van der Waals surface area contributed by atoms with Crippen LogP contribution in [0.25, 0.3) is 6.08 Å². The van der Waals surface area contributed by atoms with Gasteiger partial charge < -0.3 is 10.2 Å². The minimum atomic E-state index is -0.373. The summed E-state index contributed by atoms with van der Waals surface area (Å²) < 4.78 is 0. The molecule has 1 atom stereocenters. The maximum Gasteiger partial charge on any atom is 0.157 e. The number of nitrogens with zero attached hydrogens (tertiary/aromatic N) is 1. The van der Waals surface area contributed by atoms with Crippen molar-refractivity contribution in [1.29, 1.82) is 0 Å². The van der Waals surface area contributed by atoms with Crippen LogP contribution in [0, 0.1) is 4.91 Å². The van der Waals surface area contributed by atoms with E-state index < -0.39 is 0 Å². The zero-order chi connectivity index (χ0) is 16.5. The van der Waals surface area contributed by atoms with E-state index in [0.29, 0.717) is 6.42 Å². The van der Waals surface area contributed by atoms with Crippen molar-refractivity contribution in [2.24, 2.45) is 5.18 Å². The smallest absolute Gasteiger partial charge is 0.157 e. The Balaban J connectivity index is 1.79. The Kier molecular flexibility index (Phi) is 6.36. The monoisotopic (exact) mass is 311 g/mol. The van der Waals surface area contributed by atoms with Gasteiger partial charge in [0.2, 0.25) is 0 Å². The van der Waals surface area contributed by atoms with Crippen LogP contribution in [-0.2, 0) is 6.42 Å². The highest BCUT2D eigenvalue weighted by Gasteiger charge is 2.05. The van der Waals surface area contributed by atoms with Gasteiger partial charge in [-0.3, -0.25) is 0 Å². The molecule has 0 aliphatic heterocycles. The summed E-state index contributed by atoms with van der Waals surface area (Å²) in [6, 6.07) is 14.4. The highest BCUT2D eigenvalue weighted by Crippen LogP contribution is 2.25. The second-order valence-corrected chi connectivity index (χ2v) is 5.51. The molecule has 2 aromatic carbocycles. The summed E-state index contributed by atoms with van der Waals surface area (Å²) in [5, 5.41) is 21.8. The Morgan fingerprint density at radius 1 is 1.00 bits per heavy atom. The van der Waals surface area contributed by atoms with Gasteiger partial charge in [0.1, 0.15) is 6.04 Å². The molecule has 2 N–H and O–H groups in total. The average Bonchev–Trinajstić information content (AvgIpc) is 2.58. The molecule has 23 heavy (non-hydrogen) atoms. The summed E-state index contributed by atoms with van der Waals surface area (Å²) in [5.41, 5.74) is 2.02. The largest absolute Gasteiger partial charge is 0.504 e. The van der Waals surface area contributed by atoms with Crippen LogP contribution in [-0.4, -0.2) is 16.3 Å². The van der Waals surface area contributed by atoms with E-state index in [1.165, 1.54) is 17.7 Å². The lowest BCUT2D eigenvalue weighted by atomic mass is 10.0. The number of aryl methyl sites for hydroxylation is 1. The van der Waals surface area contributed by atoms with Gasteiger partial charge in [-0.25, -0.2) is 0 Å². The van der Waals surface area contributed by atoms with Crippen molar-refractivity contribution in [3.63, 3.8) is 0 Å². The molecule has 0 spiro atoms. The number of rotatable bonds is 8. The minimum absolute atomic E-state index is 0.159. The molecule has 4 heteroatoms. The van der Waals surface area contributed by atoms with Crippen molar-refractivity contribution in [2.75, 3.05) is 0 Å². The lowest BCUT2D eigenvalue weighted by molar-refractivity contribution is 0.403. The summed E-state index contributed by atoms with van der Waals surface area (Å²) in [4.78, 5) is 10.9. The first-order valence-electron chi connectivity index (χ1n) is 7.75. The van der Waals surface area contributed by atoms with Gasteiger partial charge in [0, 0.05) is 0 Å². The van der Waals surface area contributed by atoms with Gasteiger partial charge in [0.05, 0.1) is 0 Å². The molecular formula is C19H21NO3. The highest BCUT2D eigenvalue weighted by molar-refractivity contribution is 5.55. The van der Waals surface area contributed by atoms with Crippen LogP contribution in [0.5, 0.6) is 11.5 Å². The van der Waals surface area contributed by atoms with Crippen LogP contribution in [0.1, 0.15) is 30.4 Å². The van der Waals surface area contributed by atoms with E-state index in [2.05, 4.69) is 17.3 Å². The molecule has 0 saturated heterocycles. The van der Waals surface area contributed by atoms with Gasteiger partial charge in [-0.2, -0.15) is 4.91 Å². The molecule has 2 rings (SSSR count). The zero-order valence-corrected chi connectivity index (χ0v) is 12.9. The van der Waals surface area contributed by atoms with Crippen LogP contribution < -0.4 is 0 Å². The Morgan fingerprint density at radius 2 is 1.78 bits per heavy atom. The van der Waals surface area contributed by atoms with Crippen LogP contribution in [0.4, 0.5) is 0 Å². The molecule has 4 nitrogen and oxygen atoms in total. The van der Waals surface area contributed by atoms with E-state index in [9.17, 15) is 15.1 Å². The van der Waals surface area contributed by atoms with Crippen molar-refractivity contribution in [3.05, 3.63) is 70.6 Å². The zero-order valence-electron chi connectivity index (χ0n) is 12.9. The fourth-order valence-corrected chi connectivity index (χ4v) is 2.38. The highest BCUT2D eigenvalue weighted by atomic mass is 16.3. The number of hydrogen-bond acceptors (Lipinski definition) is 4. The summed E-state index contributed by atoms with van der Waals surface area (Å²) in [6.45, 7) is 0. The predicted molar refractivity (Wildman–Crippen MR) is 92.4 cm³/mol. The Morgan fingerprint density at radius 3 is 2.48 bits per heavy atom. The molecule has 0 amide bonds. The van der Waals surface area contributed by atoms with Crippen molar-refractivity contribution >= 4 is 6.08 Å². The van der Waals surface area contributed by atoms with E-state index in [1.54, 1.807) is 18.2 Å². The maximum absolute atomic E-state index is 10.9. The third kappa shape index (κ3) is 5.58. The number of nitroso groups, excluding NO2 is 1. The molecule has 0 bridgehead atoms. The summed E-state index contributed by atoms with van der Waals surface area (Å²) in [6.07, 6.45) is 7.13. The molecule has 2 aromatic rings. The minimum Gasteiger partial charge on any atom is -0.504 e. The number of unbranched alkanes of at least 4 members (excludes halogenated alkanes) is 1. The molecule has 0 radical (unpaired) electrons. The molecule has 0 heterocycles. The Bertz CT molecular complexity index is 653. The number of phenolic OH excluding ortho intramolecular Hbond substituents is 2. The van der Waals surface area contributed by atoms with Crippen molar-refractivity contribution in [1.82, 2.24) is 0 Å². The van der Waals surface area contributed by atoms with Crippen molar-refractivity contribution in [2.45, 2.75) is 31.7 Å². The quantitative estimate of drug-likeness (QED) is 0.423. The molecular weight excluding hydrogens is 290 g/mol. The van der Waals surface area contributed by atoms with Gasteiger partial charge in [-0.15, -0.1) is 0 Å². The lowest BCUT2D eigenvalue weighted by Crippen LogP contribution is -1.99. The third-order valence-corrected chi connectivity index (χ3v) is 3.70. The van der Waals surface area contributed by atoms with Crippen LogP contribution in [0.3, 0.4) is 0 Å². The fourth-order valence-electron chi connectivity index (χ4n) is 2.38. The average molecular weight is 311 g/mol. The van der Waals surface area contributed by atoms with Crippen molar-refractivity contribution in [3.8, 4) is 11.5 Å². The summed E-state index contributed by atoms with van der Waals surface area (Å²) in [5.74, 6) is -0.334. The first-order valence-corrected chi connectivity index (χ1v) is 7.75. The summed E-state index contributed by atoms with van der Waals surface area (Å²) in [7, 11) is 0. The number of hydrogen-bond donors (Lipinski definition) is 2. The van der Waals surface area contributed by atoms with E-state index in [4.69, 9.17) is 0 Å². The molecule has 0 aliphatic carbocycles. The summed E-state index contributed by atoms with van der Waals surface area (Å²) >= 11 is 0. The van der Waals surface area contributed by atoms with Crippen LogP contribution in [0.2, 0.25) is 0 Å². The number of aromatic hydroxyl groups is 2. The third-order valence-electron chi connectivity index (χ3n) is 3.70. The van der Waals surface area contributed by atoms with Crippen LogP contribution >= 0.6 is 0 Å². The molecule has 0 aliphatic rings. The van der Waals surface area contributed by atoms with Gasteiger partial charge in [-0.05, 0) is 42.5 Å². The molecule has 1 unspecified atom stereocenters. The van der Waals surface area contributed by atoms with Crippen LogP contribution in [0.15, 0.2) is 59.8 Å². The second kappa shape index (κ2) is 8.73.